The summed E-state index contributed by atoms with van der Waals surface area (Å²) in [6.07, 6.45) is 10.3. The van der Waals surface area contributed by atoms with E-state index in [1.807, 2.05) is 0 Å². The Balaban J connectivity index is 2.13. The number of rotatable bonds is 0. The lowest BCUT2D eigenvalue weighted by Gasteiger charge is -2.04. The zero-order chi connectivity index (χ0) is 11.5. The molecule has 1 heterocycles. The number of carbonyl (C=O) groups excluding carboxylic acids is 1. The predicted octanol–water partition coefficient (Wildman–Crippen LogP) is 2.64. The molecule has 1 aliphatic rings. The van der Waals surface area contributed by atoms with Gasteiger partial charge in [0.15, 0.2) is 0 Å². The Bertz CT molecular complexity index is 165. The molecule has 1 aliphatic heterocycles. The van der Waals surface area contributed by atoms with Crippen LogP contribution in [0.25, 0.3) is 0 Å². The summed E-state index contributed by atoms with van der Waals surface area (Å²) in [4.78, 5) is 11.4. The van der Waals surface area contributed by atoms with Gasteiger partial charge in [-0.05, 0) is 19.3 Å². The second-order valence-electron chi connectivity index (χ2n) is 4.54. The third-order valence-electron chi connectivity index (χ3n) is 2.98. The van der Waals surface area contributed by atoms with Crippen molar-refractivity contribution >= 4 is 5.91 Å². The Hall–Kier alpha value is -0.570. The lowest BCUT2D eigenvalue weighted by atomic mass is 10.1. The van der Waals surface area contributed by atoms with Gasteiger partial charge in [0, 0.05) is 26.2 Å². The molecule has 0 atom stereocenters. The van der Waals surface area contributed by atoms with E-state index in [-0.39, 0.29) is 5.91 Å². The second kappa shape index (κ2) is 9.64. The molecule has 1 N–H and O–H groups in total. The Morgan fingerprint density at radius 2 is 1.44 bits per heavy atom. The lowest BCUT2D eigenvalue weighted by Crippen LogP contribution is -2.24. The Morgan fingerprint density at radius 1 is 0.812 bits per heavy atom. The zero-order valence-electron chi connectivity index (χ0n) is 10.3. The summed E-state index contributed by atoms with van der Waals surface area (Å²) in [6, 6.07) is 0. The van der Waals surface area contributed by atoms with Crippen molar-refractivity contribution in [1.29, 1.82) is 0 Å². The number of hydrogen-bond donors (Lipinski definition) is 1. The fraction of sp³-hybridized carbons (Fsp3) is 0.923. The van der Waals surface area contributed by atoms with E-state index in [1.165, 1.54) is 38.5 Å². The van der Waals surface area contributed by atoms with E-state index in [0.29, 0.717) is 6.42 Å². The largest absolute Gasteiger partial charge is 0.381 e. The van der Waals surface area contributed by atoms with Gasteiger partial charge in [-0.3, -0.25) is 4.79 Å². The quantitative estimate of drug-likeness (QED) is 0.691. The molecule has 0 radical (unpaired) electrons. The summed E-state index contributed by atoms with van der Waals surface area (Å²) >= 11 is 0. The molecule has 0 spiro atoms. The number of hydrogen-bond acceptors (Lipinski definition) is 2. The summed E-state index contributed by atoms with van der Waals surface area (Å²) in [5, 5.41) is 2.96. The summed E-state index contributed by atoms with van der Waals surface area (Å²) in [5.74, 6) is 0.179. The number of ether oxygens (including phenoxy) is 1. The summed E-state index contributed by atoms with van der Waals surface area (Å²) < 4.78 is 5.48. The summed E-state index contributed by atoms with van der Waals surface area (Å²) in [5.41, 5.74) is 0. The highest BCUT2D eigenvalue weighted by Gasteiger charge is 2.01. The van der Waals surface area contributed by atoms with Gasteiger partial charge in [-0.15, -0.1) is 0 Å². The van der Waals surface area contributed by atoms with E-state index in [4.69, 9.17) is 4.74 Å². The van der Waals surface area contributed by atoms with Gasteiger partial charge in [-0.1, -0.05) is 32.1 Å². The summed E-state index contributed by atoms with van der Waals surface area (Å²) in [6.45, 7) is 2.44. The molecule has 0 aromatic heterocycles. The fourth-order valence-corrected chi connectivity index (χ4v) is 1.97. The van der Waals surface area contributed by atoms with Crippen LogP contribution in [0.2, 0.25) is 0 Å². The Morgan fingerprint density at radius 3 is 2.25 bits per heavy atom. The van der Waals surface area contributed by atoms with Crippen molar-refractivity contribution in [1.82, 2.24) is 5.32 Å². The van der Waals surface area contributed by atoms with Crippen LogP contribution < -0.4 is 5.32 Å². The zero-order valence-corrected chi connectivity index (χ0v) is 10.3. The molecule has 0 unspecified atom stereocenters. The third-order valence-corrected chi connectivity index (χ3v) is 2.98. The minimum atomic E-state index is 0.179. The average molecular weight is 227 g/mol. The van der Waals surface area contributed by atoms with Crippen LogP contribution in [0.3, 0.4) is 0 Å². The number of amides is 1. The van der Waals surface area contributed by atoms with Crippen LogP contribution in [0.4, 0.5) is 0 Å². The molecule has 1 saturated heterocycles. The molecule has 0 aromatic carbocycles. The van der Waals surface area contributed by atoms with Gasteiger partial charge in [-0.25, -0.2) is 0 Å². The van der Waals surface area contributed by atoms with Crippen molar-refractivity contribution in [2.45, 2.75) is 57.8 Å². The third kappa shape index (κ3) is 7.69. The van der Waals surface area contributed by atoms with Crippen molar-refractivity contribution in [2.75, 3.05) is 19.8 Å². The van der Waals surface area contributed by atoms with Gasteiger partial charge in [0.1, 0.15) is 0 Å². The van der Waals surface area contributed by atoms with Crippen LogP contribution in [-0.2, 0) is 9.53 Å². The molecule has 1 amide bonds. The predicted molar refractivity (Wildman–Crippen MR) is 65.4 cm³/mol. The normalized spacial score (nSPS) is 22.9. The number of nitrogens with one attached hydrogen (secondary N) is 1. The maximum Gasteiger partial charge on any atom is 0.220 e. The molecule has 1 fully saturated rings. The first-order chi connectivity index (χ1) is 7.89. The van der Waals surface area contributed by atoms with Gasteiger partial charge >= 0.3 is 0 Å². The minimum absolute atomic E-state index is 0.179. The van der Waals surface area contributed by atoms with Crippen LogP contribution in [0.15, 0.2) is 0 Å². The molecular formula is C13H25NO2. The molecule has 0 saturated carbocycles. The van der Waals surface area contributed by atoms with Gasteiger partial charge in [0.2, 0.25) is 5.91 Å². The maximum atomic E-state index is 11.4. The molecule has 1 rings (SSSR count). The van der Waals surface area contributed by atoms with E-state index < -0.39 is 0 Å². The van der Waals surface area contributed by atoms with Crippen molar-refractivity contribution in [3.63, 3.8) is 0 Å². The molecule has 94 valence electrons. The van der Waals surface area contributed by atoms with E-state index in [0.717, 1.165) is 32.6 Å². The topological polar surface area (TPSA) is 38.3 Å². The van der Waals surface area contributed by atoms with E-state index in [1.54, 1.807) is 0 Å². The first-order valence-corrected chi connectivity index (χ1v) is 6.74. The first kappa shape index (κ1) is 13.5. The van der Waals surface area contributed by atoms with Crippen LogP contribution in [-0.4, -0.2) is 25.7 Å². The molecule has 16 heavy (non-hydrogen) atoms. The van der Waals surface area contributed by atoms with Crippen LogP contribution in [0, 0.1) is 0 Å². The molecule has 0 aliphatic carbocycles. The summed E-state index contributed by atoms with van der Waals surface area (Å²) in [7, 11) is 0. The van der Waals surface area contributed by atoms with Crippen molar-refractivity contribution < 1.29 is 9.53 Å². The van der Waals surface area contributed by atoms with E-state index in [9.17, 15) is 4.79 Å². The Labute approximate surface area is 98.9 Å². The molecular weight excluding hydrogens is 202 g/mol. The highest BCUT2D eigenvalue weighted by atomic mass is 16.5. The molecule has 0 aromatic rings. The molecule has 0 bridgehead atoms. The van der Waals surface area contributed by atoms with E-state index in [2.05, 4.69) is 5.32 Å². The van der Waals surface area contributed by atoms with Crippen molar-refractivity contribution in [2.24, 2.45) is 0 Å². The first-order valence-electron chi connectivity index (χ1n) is 6.74. The van der Waals surface area contributed by atoms with Crippen LogP contribution >= 0.6 is 0 Å². The SMILES string of the molecule is O=C1CCCOCCCCCCCCCN1. The molecule has 3 heteroatoms. The van der Waals surface area contributed by atoms with Gasteiger partial charge in [-0.2, -0.15) is 0 Å². The van der Waals surface area contributed by atoms with Gasteiger partial charge < -0.3 is 10.1 Å². The van der Waals surface area contributed by atoms with Crippen molar-refractivity contribution in [3.8, 4) is 0 Å². The maximum absolute atomic E-state index is 11.4. The van der Waals surface area contributed by atoms with Crippen molar-refractivity contribution in [3.05, 3.63) is 0 Å². The lowest BCUT2D eigenvalue weighted by molar-refractivity contribution is -0.121. The Kier molecular flexibility index (Phi) is 8.13. The standard InChI is InChI=1S/C13H25NO2/c15-13-9-8-12-16-11-7-5-3-1-2-4-6-10-14-13/h1-12H2,(H,14,15). The fourth-order valence-electron chi connectivity index (χ4n) is 1.97. The highest BCUT2D eigenvalue weighted by molar-refractivity contribution is 5.75. The number of carbonyl (C=O) groups is 1. The van der Waals surface area contributed by atoms with Crippen LogP contribution in [0.1, 0.15) is 57.8 Å². The average Bonchev–Trinajstić information content (AvgIpc) is 2.29. The van der Waals surface area contributed by atoms with Crippen LogP contribution in [0.5, 0.6) is 0 Å². The monoisotopic (exact) mass is 227 g/mol. The van der Waals surface area contributed by atoms with Gasteiger partial charge in [0.25, 0.3) is 0 Å². The minimum Gasteiger partial charge on any atom is -0.381 e. The van der Waals surface area contributed by atoms with Gasteiger partial charge in [0.05, 0.1) is 0 Å². The molecule has 3 nitrogen and oxygen atoms in total. The second-order valence-corrected chi connectivity index (χ2v) is 4.54. The highest BCUT2D eigenvalue weighted by Crippen LogP contribution is 2.07. The van der Waals surface area contributed by atoms with E-state index >= 15 is 0 Å². The smallest absolute Gasteiger partial charge is 0.220 e.